The standard InChI is InChI=1S/C16H21N3O/c1-6-13-11(3)18-15(19-16(13)17-4)12-7-8-14(20-5)10(2)9-12/h7-9H,6H2,1-5H3,(H,17,18,19). The van der Waals surface area contributed by atoms with Gasteiger partial charge in [0.1, 0.15) is 11.6 Å². The molecule has 4 heteroatoms. The third kappa shape index (κ3) is 2.59. The van der Waals surface area contributed by atoms with Crippen LogP contribution in [0.5, 0.6) is 5.75 Å². The van der Waals surface area contributed by atoms with E-state index in [-0.39, 0.29) is 0 Å². The van der Waals surface area contributed by atoms with Crippen molar-refractivity contribution in [2.24, 2.45) is 0 Å². The Balaban J connectivity index is 2.53. The predicted molar refractivity (Wildman–Crippen MR) is 82.4 cm³/mol. The molecule has 1 N–H and O–H groups in total. The van der Waals surface area contributed by atoms with E-state index in [0.29, 0.717) is 0 Å². The van der Waals surface area contributed by atoms with Crippen LogP contribution in [0.2, 0.25) is 0 Å². The third-order valence-corrected chi connectivity index (χ3v) is 3.46. The maximum absolute atomic E-state index is 5.29. The molecule has 2 rings (SSSR count). The molecule has 0 saturated carbocycles. The van der Waals surface area contributed by atoms with Crippen LogP contribution >= 0.6 is 0 Å². The van der Waals surface area contributed by atoms with Crippen molar-refractivity contribution in [3.05, 3.63) is 35.0 Å². The molecule has 4 nitrogen and oxygen atoms in total. The Hall–Kier alpha value is -2.10. The van der Waals surface area contributed by atoms with E-state index in [0.717, 1.165) is 40.6 Å². The number of hydrogen-bond donors (Lipinski definition) is 1. The molecular weight excluding hydrogens is 250 g/mol. The fraction of sp³-hybridized carbons (Fsp3) is 0.375. The van der Waals surface area contributed by atoms with E-state index in [2.05, 4.69) is 28.3 Å². The molecule has 1 heterocycles. The Bertz CT molecular complexity index is 623. The Labute approximate surface area is 120 Å². The number of aromatic nitrogens is 2. The Morgan fingerprint density at radius 3 is 2.50 bits per heavy atom. The Morgan fingerprint density at radius 2 is 1.95 bits per heavy atom. The molecule has 0 bridgehead atoms. The third-order valence-electron chi connectivity index (χ3n) is 3.46. The van der Waals surface area contributed by atoms with Gasteiger partial charge >= 0.3 is 0 Å². The van der Waals surface area contributed by atoms with Crippen molar-refractivity contribution in [2.45, 2.75) is 27.2 Å². The van der Waals surface area contributed by atoms with Crippen LogP contribution in [0.3, 0.4) is 0 Å². The number of aryl methyl sites for hydroxylation is 2. The average molecular weight is 271 g/mol. The van der Waals surface area contributed by atoms with E-state index in [1.807, 2.05) is 33.0 Å². The van der Waals surface area contributed by atoms with Gasteiger partial charge in [0.05, 0.1) is 7.11 Å². The molecule has 0 unspecified atom stereocenters. The topological polar surface area (TPSA) is 47.0 Å². The van der Waals surface area contributed by atoms with Crippen molar-refractivity contribution in [1.29, 1.82) is 0 Å². The summed E-state index contributed by atoms with van der Waals surface area (Å²) >= 11 is 0. The number of hydrogen-bond acceptors (Lipinski definition) is 4. The van der Waals surface area contributed by atoms with Crippen LogP contribution in [0, 0.1) is 13.8 Å². The summed E-state index contributed by atoms with van der Waals surface area (Å²) in [5.74, 6) is 2.53. The van der Waals surface area contributed by atoms with E-state index in [9.17, 15) is 0 Å². The maximum atomic E-state index is 5.29. The number of nitrogens with zero attached hydrogens (tertiary/aromatic N) is 2. The van der Waals surface area contributed by atoms with Crippen LogP contribution in [0.25, 0.3) is 11.4 Å². The van der Waals surface area contributed by atoms with Crippen LogP contribution < -0.4 is 10.1 Å². The van der Waals surface area contributed by atoms with Crippen molar-refractivity contribution in [3.63, 3.8) is 0 Å². The van der Waals surface area contributed by atoms with Crippen molar-refractivity contribution in [1.82, 2.24) is 9.97 Å². The van der Waals surface area contributed by atoms with Crippen molar-refractivity contribution < 1.29 is 4.74 Å². The van der Waals surface area contributed by atoms with Gasteiger partial charge in [-0.3, -0.25) is 0 Å². The lowest BCUT2D eigenvalue weighted by atomic mass is 10.1. The minimum atomic E-state index is 0.745. The second kappa shape index (κ2) is 5.90. The summed E-state index contributed by atoms with van der Waals surface area (Å²) in [6.07, 6.45) is 0.921. The summed E-state index contributed by atoms with van der Waals surface area (Å²) in [6.45, 7) is 6.17. The molecule has 0 radical (unpaired) electrons. The highest BCUT2D eigenvalue weighted by Gasteiger charge is 2.11. The van der Waals surface area contributed by atoms with Gasteiger partial charge in [-0.05, 0) is 44.0 Å². The minimum Gasteiger partial charge on any atom is -0.496 e. The van der Waals surface area contributed by atoms with Crippen LogP contribution in [-0.2, 0) is 6.42 Å². The van der Waals surface area contributed by atoms with Crippen LogP contribution in [-0.4, -0.2) is 24.1 Å². The first-order valence-electron chi connectivity index (χ1n) is 6.81. The summed E-state index contributed by atoms with van der Waals surface area (Å²) in [4.78, 5) is 9.25. The minimum absolute atomic E-state index is 0.745. The molecule has 1 aromatic heterocycles. The van der Waals surface area contributed by atoms with Crippen molar-refractivity contribution >= 4 is 5.82 Å². The highest BCUT2D eigenvalue weighted by molar-refractivity contribution is 5.62. The SMILES string of the molecule is CCc1c(C)nc(-c2ccc(OC)c(C)c2)nc1NC. The van der Waals surface area contributed by atoms with Crippen LogP contribution in [0.15, 0.2) is 18.2 Å². The number of methoxy groups -OCH3 is 1. The summed E-state index contributed by atoms with van der Waals surface area (Å²) in [5, 5.41) is 3.16. The number of nitrogens with one attached hydrogen (secondary N) is 1. The Kier molecular flexibility index (Phi) is 4.23. The number of ether oxygens (including phenoxy) is 1. The zero-order valence-corrected chi connectivity index (χ0v) is 12.7. The molecule has 0 aliphatic heterocycles. The fourth-order valence-electron chi connectivity index (χ4n) is 2.37. The molecule has 106 valence electrons. The normalized spacial score (nSPS) is 10.4. The Morgan fingerprint density at radius 1 is 1.20 bits per heavy atom. The zero-order chi connectivity index (χ0) is 14.7. The van der Waals surface area contributed by atoms with Crippen molar-refractivity contribution in [2.75, 3.05) is 19.5 Å². The average Bonchev–Trinajstić information content (AvgIpc) is 2.46. The van der Waals surface area contributed by atoms with E-state index in [1.165, 1.54) is 5.56 Å². The lowest BCUT2D eigenvalue weighted by Crippen LogP contribution is -2.05. The number of anilines is 1. The summed E-state index contributed by atoms with van der Waals surface area (Å²) < 4.78 is 5.29. The number of benzene rings is 1. The smallest absolute Gasteiger partial charge is 0.161 e. The summed E-state index contributed by atoms with van der Waals surface area (Å²) in [7, 11) is 3.57. The largest absolute Gasteiger partial charge is 0.496 e. The quantitative estimate of drug-likeness (QED) is 0.926. The van der Waals surface area contributed by atoms with Gasteiger partial charge in [0.2, 0.25) is 0 Å². The first kappa shape index (κ1) is 14.3. The van der Waals surface area contributed by atoms with Gasteiger partial charge in [0.15, 0.2) is 5.82 Å². The molecule has 0 aliphatic carbocycles. The first-order valence-corrected chi connectivity index (χ1v) is 6.81. The second-order valence-corrected chi connectivity index (χ2v) is 4.75. The molecule has 2 aromatic rings. The summed E-state index contributed by atoms with van der Waals surface area (Å²) in [5.41, 5.74) is 4.28. The van der Waals surface area contributed by atoms with Gasteiger partial charge in [0.25, 0.3) is 0 Å². The predicted octanol–water partition coefficient (Wildman–Crippen LogP) is 3.37. The maximum Gasteiger partial charge on any atom is 0.161 e. The molecule has 20 heavy (non-hydrogen) atoms. The van der Waals surface area contributed by atoms with Gasteiger partial charge in [0, 0.05) is 23.9 Å². The van der Waals surface area contributed by atoms with Gasteiger partial charge in [-0.1, -0.05) is 6.92 Å². The van der Waals surface area contributed by atoms with E-state index >= 15 is 0 Å². The highest BCUT2D eigenvalue weighted by Crippen LogP contribution is 2.26. The zero-order valence-electron chi connectivity index (χ0n) is 12.7. The molecular formula is C16H21N3O. The van der Waals surface area contributed by atoms with Crippen LogP contribution in [0.4, 0.5) is 5.82 Å². The molecule has 0 fully saturated rings. The van der Waals surface area contributed by atoms with Gasteiger partial charge < -0.3 is 10.1 Å². The lowest BCUT2D eigenvalue weighted by molar-refractivity contribution is 0.412. The van der Waals surface area contributed by atoms with E-state index < -0.39 is 0 Å². The highest BCUT2D eigenvalue weighted by atomic mass is 16.5. The number of rotatable bonds is 4. The molecule has 0 amide bonds. The van der Waals surface area contributed by atoms with Crippen LogP contribution in [0.1, 0.15) is 23.7 Å². The van der Waals surface area contributed by atoms with Crippen molar-refractivity contribution in [3.8, 4) is 17.1 Å². The fourth-order valence-corrected chi connectivity index (χ4v) is 2.37. The molecule has 0 spiro atoms. The molecule has 0 aliphatic rings. The van der Waals surface area contributed by atoms with Gasteiger partial charge in [-0.15, -0.1) is 0 Å². The van der Waals surface area contributed by atoms with Gasteiger partial charge in [-0.2, -0.15) is 0 Å². The van der Waals surface area contributed by atoms with E-state index in [4.69, 9.17) is 4.74 Å². The first-order chi connectivity index (χ1) is 9.60. The van der Waals surface area contributed by atoms with E-state index in [1.54, 1.807) is 7.11 Å². The second-order valence-electron chi connectivity index (χ2n) is 4.75. The summed E-state index contributed by atoms with van der Waals surface area (Å²) in [6, 6.07) is 6.00. The molecule has 0 saturated heterocycles. The molecule has 0 atom stereocenters. The lowest BCUT2D eigenvalue weighted by Gasteiger charge is -2.12. The molecule has 1 aromatic carbocycles. The monoisotopic (exact) mass is 271 g/mol. The van der Waals surface area contributed by atoms with Gasteiger partial charge in [-0.25, -0.2) is 9.97 Å².